The van der Waals surface area contributed by atoms with Crippen molar-refractivity contribution in [3.63, 3.8) is 0 Å². The van der Waals surface area contributed by atoms with Gasteiger partial charge >= 0.3 is 0 Å². The quantitative estimate of drug-likeness (QED) is 0.856. The Hall–Kier alpha value is -1.18. The Labute approximate surface area is 107 Å². The lowest BCUT2D eigenvalue weighted by molar-refractivity contribution is 0.748. The van der Waals surface area contributed by atoms with Crippen LogP contribution in [-0.4, -0.2) is 19.7 Å². The van der Waals surface area contributed by atoms with Gasteiger partial charge in [-0.05, 0) is 22.6 Å². The first kappa shape index (κ1) is 11.3. The molecule has 0 spiro atoms. The molecule has 0 aromatic carbocycles. The van der Waals surface area contributed by atoms with Crippen LogP contribution in [0.3, 0.4) is 0 Å². The van der Waals surface area contributed by atoms with E-state index in [1.54, 1.807) is 16.9 Å². The van der Waals surface area contributed by atoms with Crippen molar-refractivity contribution >= 4 is 28.4 Å². The highest BCUT2D eigenvalue weighted by Crippen LogP contribution is 2.15. The smallest absolute Gasteiger partial charge is 0.159 e. The highest BCUT2D eigenvalue weighted by molar-refractivity contribution is 14.1. The molecule has 0 fully saturated rings. The molecule has 84 valence electrons. The maximum absolute atomic E-state index is 5.75. The van der Waals surface area contributed by atoms with Gasteiger partial charge in [-0.1, -0.05) is 13.8 Å². The van der Waals surface area contributed by atoms with Crippen molar-refractivity contribution in [2.24, 2.45) is 0 Å². The van der Waals surface area contributed by atoms with Crippen LogP contribution in [0.5, 0.6) is 0 Å². The van der Waals surface area contributed by atoms with Crippen LogP contribution in [0.1, 0.15) is 25.6 Å². The maximum Gasteiger partial charge on any atom is 0.159 e. The van der Waals surface area contributed by atoms with Crippen molar-refractivity contribution in [3.8, 4) is 5.82 Å². The molecule has 0 aliphatic rings. The second kappa shape index (κ2) is 4.36. The third-order valence-electron chi connectivity index (χ3n) is 2.05. The van der Waals surface area contributed by atoms with E-state index in [4.69, 9.17) is 5.73 Å². The molecule has 16 heavy (non-hydrogen) atoms. The van der Waals surface area contributed by atoms with Gasteiger partial charge in [0.25, 0.3) is 0 Å². The fourth-order valence-corrected chi connectivity index (χ4v) is 1.66. The number of halogens is 1. The summed E-state index contributed by atoms with van der Waals surface area (Å²) in [7, 11) is 0. The Bertz CT molecular complexity index is 506. The van der Waals surface area contributed by atoms with Crippen LogP contribution in [0.15, 0.2) is 18.5 Å². The lowest BCUT2D eigenvalue weighted by Gasteiger charge is -2.07. The van der Waals surface area contributed by atoms with Crippen molar-refractivity contribution in [2.45, 2.75) is 19.8 Å². The van der Waals surface area contributed by atoms with Crippen LogP contribution in [0, 0.1) is 3.57 Å². The van der Waals surface area contributed by atoms with Gasteiger partial charge in [-0.2, -0.15) is 5.10 Å². The normalized spacial score (nSPS) is 11.0. The first-order valence-corrected chi connectivity index (χ1v) is 5.99. The molecule has 6 heteroatoms. The van der Waals surface area contributed by atoms with Crippen LogP contribution < -0.4 is 5.73 Å². The van der Waals surface area contributed by atoms with Crippen molar-refractivity contribution < 1.29 is 0 Å². The van der Waals surface area contributed by atoms with Gasteiger partial charge in [0.1, 0.15) is 11.6 Å². The van der Waals surface area contributed by atoms with Gasteiger partial charge in [-0.25, -0.2) is 14.6 Å². The molecule has 2 rings (SSSR count). The summed E-state index contributed by atoms with van der Waals surface area (Å²) in [6.45, 7) is 4.07. The van der Waals surface area contributed by atoms with Crippen LogP contribution >= 0.6 is 22.6 Å². The summed E-state index contributed by atoms with van der Waals surface area (Å²) >= 11 is 2.20. The lowest BCUT2D eigenvalue weighted by atomic mass is 10.2. The monoisotopic (exact) mass is 329 g/mol. The van der Waals surface area contributed by atoms with Crippen molar-refractivity contribution in [2.75, 3.05) is 5.73 Å². The van der Waals surface area contributed by atoms with Crippen LogP contribution in [0.4, 0.5) is 5.82 Å². The van der Waals surface area contributed by atoms with Gasteiger partial charge in [0, 0.05) is 18.2 Å². The summed E-state index contributed by atoms with van der Waals surface area (Å²) in [5, 5.41) is 4.19. The van der Waals surface area contributed by atoms with Gasteiger partial charge in [0.05, 0.1) is 9.77 Å². The molecular weight excluding hydrogens is 317 g/mol. The van der Waals surface area contributed by atoms with Crippen LogP contribution in [-0.2, 0) is 0 Å². The molecule has 5 nitrogen and oxygen atoms in total. The van der Waals surface area contributed by atoms with Gasteiger partial charge < -0.3 is 5.73 Å². The third kappa shape index (κ3) is 2.31. The molecule has 0 bridgehead atoms. The standard InChI is InChI=1S/C10H12IN5/c1-6(2)10-14-8(12)3-9(15-10)16-5-7(11)4-13-16/h3-6H,1-2H3,(H2,12,14,15). The minimum atomic E-state index is 0.247. The van der Waals surface area contributed by atoms with E-state index in [-0.39, 0.29) is 5.92 Å². The zero-order chi connectivity index (χ0) is 11.7. The van der Waals surface area contributed by atoms with Crippen molar-refractivity contribution in [1.29, 1.82) is 0 Å². The van der Waals surface area contributed by atoms with Crippen molar-refractivity contribution in [3.05, 3.63) is 27.9 Å². The number of nitrogen functional groups attached to an aromatic ring is 1. The Morgan fingerprint density at radius 1 is 1.38 bits per heavy atom. The molecule has 2 aromatic heterocycles. The zero-order valence-corrected chi connectivity index (χ0v) is 11.2. The summed E-state index contributed by atoms with van der Waals surface area (Å²) in [5.74, 6) is 2.16. The summed E-state index contributed by atoms with van der Waals surface area (Å²) in [6.07, 6.45) is 3.67. The zero-order valence-electron chi connectivity index (χ0n) is 9.05. The predicted octanol–water partition coefficient (Wildman–Crippen LogP) is 1.97. The number of hydrogen-bond donors (Lipinski definition) is 1. The number of rotatable bonds is 2. The largest absolute Gasteiger partial charge is 0.384 e. The molecule has 2 aromatic rings. The first-order chi connectivity index (χ1) is 7.56. The van der Waals surface area contributed by atoms with Gasteiger partial charge in [-0.15, -0.1) is 0 Å². The van der Waals surface area contributed by atoms with E-state index < -0.39 is 0 Å². The first-order valence-electron chi connectivity index (χ1n) is 4.91. The molecule has 2 N–H and O–H groups in total. The number of anilines is 1. The van der Waals surface area contributed by atoms with Crippen molar-refractivity contribution in [1.82, 2.24) is 19.7 Å². The topological polar surface area (TPSA) is 69.6 Å². The third-order valence-corrected chi connectivity index (χ3v) is 2.61. The molecular formula is C10H12IN5. The van der Waals surface area contributed by atoms with Crippen LogP contribution in [0.2, 0.25) is 0 Å². The average Bonchev–Trinajstić information content (AvgIpc) is 2.64. The molecule has 0 atom stereocenters. The highest BCUT2D eigenvalue weighted by Gasteiger charge is 2.08. The fraction of sp³-hybridized carbons (Fsp3) is 0.300. The fourth-order valence-electron chi connectivity index (χ4n) is 1.27. The average molecular weight is 329 g/mol. The van der Waals surface area contributed by atoms with E-state index >= 15 is 0 Å². The minimum absolute atomic E-state index is 0.247. The van der Waals surface area contributed by atoms with Gasteiger partial charge in [-0.3, -0.25) is 0 Å². The summed E-state index contributed by atoms with van der Waals surface area (Å²) < 4.78 is 2.76. The molecule has 0 unspecified atom stereocenters. The highest BCUT2D eigenvalue weighted by atomic mass is 127. The molecule has 2 heterocycles. The summed E-state index contributed by atoms with van der Waals surface area (Å²) in [5.41, 5.74) is 5.75. The molecule has 0 amide bonds. The Morgan fingerprint density at radius 3 is 2.69 bits per heavy atom. The molecule has 0 aliphatic carbocycles. The number of nitrogens with zero attached hydrogens (tertiary/aromatic N) is 4. The number of nitrogens with two attached hydrogens (primary N) is 1. The van der Waals surface area contributed by atoms with E-state index in [0.717, 1.165) is 9.39 Å². The summed E-state index contributed by atoms with van der Waals surface area (Å²) in [4.78, 5) is 8.61. The van der Waals surface area contributed by atoms with E-state index in [0.29, 0.717) is 11.6 Å². The van der Waals surface area contributed by atoms with Gasteiger partial charge in [0.15, 0.2) is 5.82 Å². The van der Waals surface area contributed by atoms with E-state index in [1.807, 2.05) is 20.0 Å². The van der Waals surface area contributed by atoms with E-state index in [1.165, 1.54) is 0 Å². The Balaban J connectivity index is 2.49. The molecule has 0 saturated carbocycles. The molecule has 0 saturated heterocycles. The second-order valence-corrected chi connectivity index (χ2v) is 5.01. The number of aromatic nitrogens is 4. The number of hydrogen-bond acceptors (Lipinski definition) is 4. The maximum atomic E-state index is 5.75. The SMILES string of the molecule is CC(C)c1nc(N)cc(-n2cc(I)cn2)n1. The van der Waals surface area contributed by atoms with Crippen LogP contribution in [0.25, 0.3) is 5.82 Å². The minimum Gasteiger partial charge on any atom is -0.384 e. The van der Waals surface area contributed by atoms with E-state index in [2.05, 4.69) is 37.7 Å². The van der Waals surface area contributed by atoms with E-state index in [9.17, 15) is 0 Å². The summed E-state index contributed by atoms with van der Waals surface area (Å²) in [6, 6.07) is 1.72. The van der Waals surface area contributed by atoms with Gasteiger partial charge in [0.2, 0.25) is 0 Å². The lowest BCUT2D eigenvalue weighted by Crippen LogP contribution is -2.07. The Morgan fingerprint density at radius 2 is 2.12 bits per heavy atom. The molecule has 0 aliphatic heterocycles. The molecule has 0 radical (unpaired) electrons. The second-order valence-electron chi connectivity index (χ2n) is 3.77. The predicted molar refractivity (Wildman–Crippen MR) is 70.4 cm³/mol. The Kier molecular flexibility index (Phi) is 3.08.